The van der Waals surface area contributed by atoms with Gasteiger partial charge in [-0.25, -0.2) is 9.97 Å². The summed E-state index contributed by atoms with van der Waals surface area (Å²) in [5.74, 6) is 0.490. The Morgan fingerprint density at radius 1 is 1.22 bits per heavy atom. The molecule has 0 aliphatic carbocycles. The van der Waals surface area contributed by atoms with Crippen LogP contribution in [0.1, 0.15) is 35.5 Å². The summed E-state index contributed by atoms with van der Waals surface area (Å²) in [5, 5.41) is 3.99. The van der Waals surface area contributed by atoms with E-state index in [0.717, 1.165) is 38.6 Å². The van der Waals surface area contributed by atoms with Crippen LogP contribution in [0.4, 0.5) is 10.8 Å². The second kappa shape index (κ2) is 9.17. The van der Waals surface area contributed by atoms with Crippen molar-refractivity contribution in [2.75, 3.05) is 4.90 Å². The third-order valence-electron chi connectivity index (χ3n) is 5.38. The van der Waals surface area contributed by atoms with E-state index >= 15 is 0 Å². The minimum Gasteiger partial charge on any atom is -0.290 e. The van der Waals surface area contributed by atoms with Gasteiger partial charge < -0.3 is 0 Å². The molecule has 166 valence electrons. The van der Waals surface area contributed by atoms with E-state index in [4.69, 9.17) is 9.97 Å². The van der Waals surface area contributed by atoms with Crippen molar-refractivity contribution < 1.29 is 4.79 Å². The Bertz CT molecular complexity index is 1370. The summed E-state index contributed by atoms with van der Waals surface area (Å²) in [7, 11) is 1.76. The Balaban J connectivity index is 1.60. The van der Waals surface area contributed by atoms with Gasteiger partial charge in [-0.2, -0.15) is 0 Å². The third kappa shape index (κ3) is 4.12. The fraction of sp³-hybridized carbons (Fsp3) is 0.304. The molecule has 0 saturated heterocycles. The number of hydrogen-bond donors (Lipinski definition) is 0. The number of thiazole rings is 1. The van der Waals surface area contributed by atoms with Gasteiger partial charge in [0.2, 0.25) is 5.91 Å². The van der Waals surface area contributed by atoms with Gasteiger partial charge in [0.05, 0.1) is 16.8 Å². The van der Waals surface area contributed by atoms with Gasteiger partial charge in [0.1, 0.15) is 4.83 Å². The molecule has 1 aromatic carbocycles. The van der Waals surface area contributed by atoms with Crippen LogP contribution in [0.15, 0.2) is 39.6 Å². The van der Waals surface area contributed by atoms with Crippen molar-refractivity contribution in [3.63, 3.8) is 0 Å². The normalized spacial score (nSPS) is 11.3. The van der Waals surface area contributed by atoms with Crippen LogP contribution in [-0.2, 0) is 24.0 Å². The van der Waals surface area contributed by atoms with Gasteiger partial charge in [-0.15, -0.1) is 22.7 Å². The van der Waals surface area contributed by atoms with Gasteiger partial charge >= 0.3 is 0 Å². The van der Waals surface area contributed by atoms with Crippen LogP contribution < -0.4 is 10.5 Å². The van der Waals surface area contributed by atoms with Gasteiger partial charge in [0.15, 0.2) is 10.3 Å². The van der Waals surface area contributed by atoms with Crippen molar-refractivity contribution in [1.29, 1.82) is 0 Å². The molecule has 3 aromatic heterocycles. The number of benzene rings is 1. The van der Waals surface area contributed by atoms with Crippen LogP contribution in [0.25, 0.3) is 10.2 Å². The summed E-state index contributed by atoms with van der Waals surface area (Å²) in [6.07, 6.45) is 0.831. The Kier molecular flexibility index (Phi) is 6.50. The SMILES string of the molecule is CCc1ccccc1N(C(C)=O)c1nc(CSc2nc3sc(C)c(C)c3c(=O)n2C)cs1. The molecule has 0 unspecified atom stereocenters. The van der Waals surface area contributed by atoms with E-state index in [-0.39, 0.29) is 11.5 Å². The van der Waals surface area contributed by atoms with E-state index in [0.29, 0.717) is 21.4 Å². The number of aromatic nitrogens is 3. The first-order valence-corrected chi connectivity index (χ1v) is 12.9. The summed E-state index contributed by atoms with van der Waals surface area (Å²) >= 11 is 4.48. The highest BCUT2D eigenvalue weighted by Crippen LogP contribution is 2.34. The first-order valence-electron chi connectivity index (χ1n) is 10.2. The van der Waals surface area contributed by atoms with E-state index in [9.17, 15) is 9.59 Å². The van der Waals surface area contributed by atoms with E-state index in [1.165, 1.54) is 23.1 Å². The Labute approximate surface area is 199 Å². The molecule has 0 spiro atoms. The molecule has 0 N–H and O–H groups in total. The molecule has 0 aliphatic rings. The summed E-state index contributed by atoms with van der Waals surface area (Å²) in [6, 6.07) is 7.91. The molecule has 0 bridgehead atoms. The number of amides is 1. The smallest absolute Gasteiger partial charge is 0.262 e. The number of para-hydroxylation sites is 1. The van der Waals surface area contributed by atoms with Crippen LogP contribution >= 0.6 is 34.4 Å². The van der Waals surface area contributed by atoms with Crippen LogP contribution in [0.5, 0.6) is 0 Å². The molecule has 0 radical (unpaired) electrons. The van der Waals surface area contributed by atoms with Gasteiger partial charge in [0.25, 0.3) is 5.56 Å². The molecule has 0 atom stereocenters. The summed E-state index contributed by atoms with van der Waals surface area (Å²) in [6.45, 7) is 7.62. The molecule has 0 aliphatic heterocycles. The molecular formula is C23H24N4O2S3. The first-order chi connectivity index (χ1) is 15.3. The van der Waals surface area contributed by atoms with Crippen LogP contribution in [0.2, 0.25) is 0 Å². The maximum absolute atomic E-state index is 12.8. The Hall–Kier alpha value is -2.49. The average Bonchev–Trinajstić information content (AvgIpc) is 3.34. The predicted octanol–water partition coefficient (Wildman–Crippen LogP) is 5.61. The van der Waals surface area contributed by atoms with Crippen LogP contribution in [0, 0.1) is 13.8 Å². The molecule has 6 nitrogen and oxygen atoms in total. The molecule has 0 saturated carbocycles. The molecule has 4 rings (SSSR count). The summed E-state index contributed by atoms with van der Waals surface area (Å²) in [4.78, 5) is 38.3. The number of thiophene rings is 1. The number of fused-ring (bicyclic) bond motifs is 1. The maximum atomic E-state index is 12.8. The third-order valence-corrected chi connectivity index (χ3v) is 8.42. The van der Waals surface area contributed by atoms with Crippen molar-refractivity contribution in [3.8, 4) is 0 Å². The van der Waals surface area contributed by atoms with Crippen LogP contribution in [-0.4, -0.2) is 20.4 Å². The number of thioether (sulfide) groups is 1. The number of carbonyl (C=O) groups is 1. The monoisotopic (exact) mass is 484 g/mol. The van der Waals surface area contributed by atoms with E-state index in [1.807, 2.05) is 43.5 Å². The minimum absolute atomic E-state index is 0.0164. The highest BCUT2D eigenvalue weighted by molar-refractivity contribution is 7.98. The molecule has 9 heteroatoms. The number of nitrogens with zero attached hydrogens (tertiary/aromatic N) is 4. The predicted molar refractivity (Wildman–Crippen MR) is 135 cm³/mol. The lowest BCUT2D eigenvalue weighted by Crippen LogP contribution is -2.23. The van der Waals surface area contributed by atoms with Gasteiger partial charge in [-0.05, 0) is 37.5 Å². The lowest BCUT2D eigenvalue weighted by molar-refractivity contribution is -0.115. The number of carbonyl (C=O) groups excluding carboxylic acids is 1. The molecule has 4 aromatic rings. The lowest BCUT2D eigenvalue weighted by Gasteiger charge is -2.20. The largest absolute Gasteiger partial charge is 0.290 e. The second-order valence-corrected chi connectivity index (χ2v) is 10.5. The minimum atomic E-state index is -0.0718. The maximum Gasteiger partial charge on any atom is 0.262 e. The standard InChI is InChI=1S/C23H24N4O2S3/c1-6-16-9-7-8-10-18(16)27(15(4)28)23-24-17(12-31-23)11-30-22-25-20-19(21(29)26(22)5)13(2)14(3)32-20/h7-10,12H,6,11H2,1-5H3. The number of anilines is 2. The van der Waals surface area contributed by atoms with Crippen LogP contribution in [0.3, 0.4) is 0 Å². The fourth-order valence-corrected chi connectivity index (χ4v) is 6.44. The molecule has 32 heavy (non-hydrogen) atoms. The van der Waals surface area contributed by atoms with Gasteiger partial charge in [-0.1, -0.05) is 36.9 Å². The van der Waals surface area contributed by atoms with Crippen molar-refractivity contribution in [3.05, 3.63) is 61.7 Å². The van der Waals surface area contributed by atoms with Crippen molar-refractivity contribution >= 4 is 61.4 Å². The molecule has 3 heterocycles. The topological polar surface area (TPSA) is 68.1 Å². The number of hydrogen-bond acceptors (Lipinski definition) is 7. The number of aryl methyl sites for hydroxylation is 3. The number of rotatable bonds is 6. The van der Waals surface area contributed by atoms with Crippen molar-refractivity contribution in [2.24, 2.45) is 7.05 Å². The fourth-order valence-electron chi connectivity index (χ4n) is 3.52. The molecular weight excluding hydrogens is 460 g/mol. The highest BCUT2D eigenvalue weighted by atomic mass is 32.2. The van der Waals surface area contributed by atoms with E-state index in [1.54, 1.807) is 34.8 Å². The van der Waals surface area contributed by atoms with Gasteiger partial charge in [-0.3, -0.25) is 19.1 Å². The zero-order valence-electron chi connectivity index (χ0n) is 18.6. The highest BCUT2D eigenvalue weighted by Gasteiger charge is 2.21. The second-order valence-electron chi connectivity index (χ2n) is 7.47. The van der Waals surface area contributed by atoms with E-state index < -0.39 is 0 Å². The van der Waals surface area contributed by atoms with E-state index in [2.05, 4.69) is 6.92 Å². The zero-order valence-corrected chi connectivity index (χ0v) is 21.1. The summed E-state index contributed by atoms with van der Waals surface area (Å²) < 4.78 is 1.61. The zero-order chi connectivity index (χ0) is 23.0. The summed E-state index contributed by atoms with van der Waals surface area (Å²) in [5.41, 5.74) is 3.81. The first kappa shape index (κ1) is 22.7. The quantitative estimate of drug-likeness (QED) is 0.263. The molecule has 0 fully saturated rings. The molecule has 1 amide bonds. The van der Waals surface area contributed by atoms with Crippen molar-refractivity contribution in [1.82, 2.24) is 14.5 Å². The van der Waals surface area contributed by atoms with Crippen molar-refractivity contribution in [2.45, 2.75) is 45.0 Å². The average molecular weight is 485 g/mol. The Morgan fingerprint density at radius 2 is 1.97 bits per heavy atom. The van der Waals surface area contributed by atoms with Gasteiger partial charge in [0, 0.05) is 30.0 Å². The lowest BCUT2D eigenvalue weighted by atomic mass is 10.1. The Morgan fingerprint density at radius 3 is 2.69 bits per heavy atom.